The Bertz CT molecular complexity index is 1050. The average Bonchev–Trinajstić information content (AvgIpc) is 3.17. The SMILES string of the molecule is Cc1nnnn1/C(=C\c1ccccc1)C(=O)OCC(=O)NC(=O)c1ccccc1. The van der Waals surface area contributed by atoms with Crippen LogP contribution >= 0.6 is 0 Å². The van der Waals surface area contributed by atoms with Crippen LogP contribution in [0.15, 0.2) is 60.7 Å². The molecule has 0 saturated carbocycles. The van der Waals surface area contributed by atoms with Crippen molar-refractivity contribution in [3.05, 3.63) is 77.6 Å². The Balaban J connectivity index is 1.69. The number of hydrogen-bond acceptors (Lipinski definition) is 7. The van der Waals surface area contributed by atoms with Gasteiger partial charge in [0.1, 0.15) is 0 Å². The van der Waals surface area contributed by atoms with E-state index in [1.807, 2.05) is 18.2 Å². The van der Waals surface area contributed by atoms with Gasteiger partial charge in [0, 0.05) is 5.56 Å². The number of rotatable bonds is 6. The highest BCUT2D eigenvalue weighted by atomic mass is 16.5. The van der Waals surface area contributed by atoms with E-state index in [0.29, 0.717) is 11.4 Å². The fraction of sp³-hybridized carbons (Fsp3) is 0.100. The average molecular weight is 391 g/mol. The van der Waals surface area contributed by atoms with Crippen LogP contribution in [-0.4, -0.2) is 44.6 Å². The Morgan fingerprint density at radius 1 is 1.03 bits per heavy atom. The lowest BCUT2D eigenvalue weighted by Crippen LogP contribution is -2.34. The van der Waals surface area contributed by atoms with Crippen LogP contribution in [0.4, 0.5) is 0 Å². The van der Waals surface area contributed by atoms with Crippen molar-refractivity contribution in [1.29, 1.82) is 0 Å². The van der Waals surface area contributed by atoms with Gasteiger partial charge in [0.15, 0.2) is 18.1 Å². The highest BCUT2D eigenvalue weighted by Crippen LogP contribution is 2.13. The fourth-order valence-electron chi connectivity index (χ4n) is 2.40. The van der Waals surface area contributed by atoms with E-state index in [0.717, 1.165) is 5.56 Å². The Morgan fingerprint density at radius 3 is 2.31 bits per heavy atom. The minimum absolute atomic E-state index is 0.0286. The maximum atomic E-state index is 12.6. The molecule has 0 bridgehead atoms. The number of imide groups is 1. The van der Waals surface area contributed by atoms with E-state index in [9.17, 15) is 14.4 Å². The van der Waals surface area contributed by atoms with Gasteiger partial charge in [-0.3, -0.25) is 14.9 Å². The molecule has 0 fully saturated rings. The molecule has 0 saturated heterocycles. The van der Waals surface area contributed by atoms with Crippen LogP contribution in [0, 0.1) is 6.92 Å². The Hall–Kier alpha value is -4.14. The molecule has 2 aromatic carbocycles. The lowest BCUT2D eigenvalue weighted by Gasteiger charge is -2.09. The number of carbonyl (C=O) groups is 3. The van der Waals surface area contributed by atoms with Crippen LogP contribution < -0.4 is 5.32 Å². The molecule has 9 heteroatoms. The molecular formula is C20H17N5O4. The Kier molecular flexibility index (Phi) is 6.21. The molecule has 3 rings (SSSR count). The van der Waals surface area contributed by atoms with Crippen molar-refractivity contribution in [2.45, 2.75) is 6.92 Å². The molecule has 0 radical (unpaired) electrons. The number of nitrogens with one attached hydrogen (secondary N) is 1. The summed E-state index contributed by atoms with van der Waals surface area (Å²) in [4.78, 5) is 36.6. The highest BCUT2D eigenvalue weighted by Gasteiger charge is 2.19. The lowest BCUT2D eigenvalue weighted by atomic mass is 10.2. The first-order chi connectivity index (χ1) is 14.0. The van der Waals surface area contributed by atoms with E-state index in [4.69, 9.17) is 4.74 Å². The largest absolute Gasteiger partial charge is 0.451 e. The van der Waals surface area contributed by atoms with Crippen LogP contribution in [0.25, 0.3) is 11.8 Å². The number of aryl methyl sites for hydroxylation is 1. The summed E-state index contributed by atoms with van der Waals surface area (Å²) in [5, 5.41) is 13.2. The summed E-state index contributed by atoms with van der Waals surface area (Å²) in [5.41, 5.74) is 1.07. The number of tetrazole rings is 1. The maximum Gasteiger partial charge on any atom is 0.357 e. The molecule has 0 spiro atoms. The van der Waals surface area contributed by atoms with Gasteiger partial charge in [0.05, 0.1) is 0 Å². The summed E-state index contributed by atoms with van der Waals surface area (Å²) in [5.74, 6) is -1.78. The van der Waals surface area contributed by atoms with Crippen LogP contribution in [0.5, 0.6) is 0 Å². The zero-order chi connectivity index (χ0) is 20.6. The van der Waals surface area contributed by atoms with E-state index in [2.05, 4.69) is 20.8 Å². The van der Waals surface area contributed by atoms with E-state index < -0.39 is 24.4 Å². The number of aromatic nitrogens is 4. The van der Waals surface area contributed by atoms with E-state index in [1.54, 1.807) is 55.5 Å². The Labute approximate surface area is 166 Å². The predicted octanol–water partition coefficient (Wildman–Crippen LogP) is 1.48. The first-order valence-electron chi connectivity index (χ1n) is 8.63. The topological polar surface area (TPSA) is 116 Å². The van der Waals surface area contributed by atoms with Crippen molar-refractivity contribution < 1.29 is 19.1 Å². The van der Waals surface area contributed by atoms with Crippen molar-refractivity contribution in [3.8, 4) is 0 Å². The molecule has 3 aromatic rings. The number of hydrogen-bond donors (Lipinski definition) is 1. The predicted molar refractivity (Wildman–Crippen MR) is 103 cm³/mol. The van der Waals surface area contributed by atoms with Gasteiger partial charge in [-0.15, -0.1) is 5.10 Å². The van der Waals surface area contributed by atoms with Crippen molar-refractivity contribution in [3.63, 3.8) is 0 Å². The van der Waals surface area contributed by atoms with Gasteiger partial charge >= 0.3 is 5.97 Å². The van der Waals surface area contributed by atoms with E-state index >= 15 is 0 Å². The minimum Gasteiger partial charge on any atom is -0.451 e. The third kappa shape index (κ3) is 5.19. The third-order valence-electron chi connectivity index (χ3n) is 3.79. The zero-order valence-electron chi connectivity index (χ0n) is 15.5. The van der Waals surface area contributed by atoms with Gasteiger partial charge in [0.2, 0.25) is 0 Å². The summed E-state index contributed by atoms with van der Waals surface area (Å²) in [7, 11) is 0. The molecule has 146 valence electrons. The third-order valence-corrected chi connectivity index (χ3v) is 3.79. The van der Waals surface area contributed by atoms with Crippen LogP contribution in [-0.2, 0) is 14.3 Å². The molecule has 0 unspecified atom stereocenters. The van der Waals surface area contributed by atoms with Crippen molar-refractivity contribution in [2.24, 2.45) is 0 Å². The summed E-state index contributed by atoms with van der Waals surface area (Å²) in [6.07, 6.45) is 1.54. The van der Waals surface area contributed by atoms with Gasteiger partial charge in [-0.1, -0.05) is 48.5 Å². The summed E-state index contributed by atoms with van der Waals surface area (Å²) in [6.45, 7) is 0.988. The van der Waals surface area contributed by atoms with Gasteiger partial charge in [-0.25, -0.2) is 4.79 Å². The van der Waals surface area contributed by atoms with Crippen LogP contribution in [0.2, 0.25) is 0 Å². The molecule has 0 atom stereocenters. The normalized spacial score (nSPS) is 11.0. The van der Waals surface area contributed by atoms with Crippen molar-refractivity contribution in [2.75, 3.05) is 6.61 Å². The molecular weight excluding hydrogens is 374 g/mol. The second-order valence-corrected chi connectivity index (χ2v) is 5.90. The number of nitrogens with zero attached hydrogens (tertiary/aromatic N) is 4. The molecule has 2 amide bonds. The first kappa shape index (κ1) is 19.6. The van der Waals surface area contributed by atoms with Gasteiger partial charge in [0.25, 0.3) is 11.8 Å². The fourth-order valence-corrected chi connectivity index (χ4v) is 2.40. The molecule has 0 aliphatic rings. The maximum absolute atomic E-state index is 12.6. The standard InChI is InChI=1S/C20H17N5O4/c1-14-22-23-24-25(14)17(12-15-8-4-2-5-9-15)20(28)29-13-18(26)21-19(27)16-10-6-3-7-11-16/h2-12H,13H2,1H3,(H,21,26,27)/b17-12-. The molecule has 9 nitrogen and oxygen atoms in total. The van der Waals surface area contributed by atoms with Gasteiger partial charge < -0.3 is 4.74 Å². The number of amides is 2. The second-order valence-electron chi connectivity index (χ2n) is 5.90. The number of carbonyl (C=O) groups excluding carboxylic acids is 3. The van der Waals surface area contributed by atoms with Gasteiger partial charge in [-0.2, -0.15) is 4.68 Å². The van der Waals surface area contributed by atoms with Crippen molar-refractivity contribution in [1.82, 2.24) is 25.5 Å². The molecule has 1 aromatic heterocycles. The summed E-state index contributed by atoms with van der Waals surface area (Å²) >= 11 is 0. The molecule has 1 heterocycles. The Morgan fingerprint density at radius 2 is 1.69 bits per heavy atom. The highest BCUT2D eigenvalue weighted by molar-refractivity contribution is 6.16. The molecule has 0 aliphatic heterocycles. The first-order valence-corrected chi connectivity index (χ1v) is 8.63. The smallest absolute Gasteiger partial charge is 0.357 e. The molecule has 1 N–H and O–H groups in total. The van der Waals surface area contributed by atoms with Crippen molar-refractivity contribution >= 4 is 29.6 Å². The van der Waals surface area contributed by atoms with Crippen LogP contribution in [0.3, 0.4) is 0 Å². The minimum atomic E-state index is -0.813. The monoisotopic (exact) mass is 391 g/mol. The van der Waals surface area contributed by atoms with E-state index in [-0.39, 0.29) is 5.70 Å². The molecule has 0 aliphatic carbocycles. The second kappa shape index (κ2) is 9.18. The quantitative estimate of drug-likeness (QED) is 0.500. The number of benzene rings is 2. The molecule has 29 heavy (non-hydrogen) atoms. The zero-order valence-corrected chi connectivity index (χ0v) is 15.5. The number of ether oxygens (including phenoxy) is 1. The lowest BCUT2D eigenvalue weighted by molar-refractivity contribution is -0.143. The van der Waals surface area contributed by atoms with E-state index in [1.165, 1.54) is 4.68 Å². The summed E-state index contributed by atoms with van der Waals surface area (Å²) in [6, 6.07) is 17.3. The van der Waals surface area contributed by atoms with Gasteiger partial charge in [-0.05, 0) is 41.1 Å². The number of esters is 1. The summed E-state index contributed by atoms with van der Waals surface area (Å²) < 4.78 is 6.28. The van der Waals surface area contributed by atoms with Crippen LogP contribution in [0.1, 0.15) is 21.7 Å².